The highest BCUT2D eigenvalue weighted by atomic mass is 16.6. The second-order valence-corrected chi connectivity index (χ2v) is 9.61. The van der Waals surface area contributed by atoms with Crippen LogP contribution in [0.4, 0.5) is 0 Å². The maximum atomic E-state index is 12.7. The molecular weight excluding hydrogens is 292 g/mol. The normalized spacial score (nSPS) is 38.7. The summed E-state index contributed by atoms with van der Waals surface area (Å²) in [7, 11) is 0. The molecule has 3 aliphatic rings. The summed E-state index contributed by atoms with van der Waals surface area (Å²) < 4.78 is 11.2. The highest BCUT2D eigenvalue weighted by Crippen LogP contribution is 2.66. The van der Waals surface area contributed by atoms with Gasteiger partial charge in [-0.3, -0.25) is 9.59 Å². The van der Waals surface area contributed by atoms with Crippen molar-refractivity contribution in [3.8, 4) is 0 Å². The van der Waals surface area contributed by atoms with Gasteiger partial charge in [-0.05, 0) is 84.5 Å². The minimum Gasteiger partial charge on any atom is -0.460 e. The summed E-state index contributed by atoms with van der Waals surface area (Å²) >= 11 is 0. The number of fused-ring (bicyclic) bond motifs is 5. The van der Waals surface area contributed by atoms with Crippen molar-refractivity contribution in [2.24, 2.45) is 35.5 Å². The fraction of sp³-hybridized carbons (Fsp3) is 0.895. The highest BCUT2D eigenvalue weighted by Gasteiger charge is 2.68. The molecule has 6 unspecified atom stereocenters. The Labute approximate surface area is 139 Å². The van der Waals surface area contributed by atoms with Crippen LogP contribution in [0.25, 0.3) is 0 Å². The van der Waals surface area contributed by atoms with Crippen LogP contribution in [0.15, 0.2) is 0 Å². The first-order chi connectivity index (χ1) is 10.5. The second-order valence-electron chi connectivity index (χ2n) is 9.61. The standard InChI is InChI=1S/C19H30O4/c1-18(2,3)22-16(20)14-12-10-7-8-11(9-10)13(12)15(14)17(21)23-19(4,5)6/h10-15H,7-9H2,1-6H3. The molecule has 0 heterocycles. The fourth-order valence-electron chi connectivity index (χ4n) is 5.13. The van der Waals surface area contributed by atoms with E-state index in [1.807, 2.05) is 41.5 Å². The predicted molar refractivity (Wildman–Crippen MR) is 86.5 cm³/mol. The molecule has 3 aliphatic carbocycles. The van der Waals surface area contributed by atoms with Crippen molar-refractivity contribution in [2.45, 2.75) is 72.0 Å². The smallest absolute Gasteiger partial charge is 0.310 e. The van der Waals surface area contributed by atoms with Crippen LogP contribution in [-0.2, 0) is 19.1 Å². The van der Waals surface area contributed by atoms with Crippen molar-refractivity contribution in [3.63, 3.8) is 0 Å². The minimum atomic E-state index is -0.516. The van der Waals surface area contributed by atoms with Gasteiger partial charge in [-0.1, -0.05) is 0 Å². The van der Waals surface area contributed by atoms with Crippen LogP contribution >= 0.6 is 0 Å². The number of rotatable bonds is 2. The van der Waals surface area contributed by atoms with Gasteiger partial charge in [0.25, 0.3) is 0 Å². The summed E-state index contributed by atoms with van der Waals surface area (Å²) in [5.74, 6) is 0.850. The van der Waals surface area contributed by atoms with Crippen LogP contribution in [0.2, 0.25) is 0 Å². The van der Waals surface area contributed by atoms with Crippen molar-refractivity contribution in [1.29, 1.82) is 0 Å². The van der Waals surface area contributed by atoms with Crippen molar-refractivity contribution in [2.75, 3.05) is 0 Å². The Morgan fingerprint density at radius 1 is 0.739 bits per heavy atom. The zero-order valence-corrected chi connectivity index (χ0v) is 15.2. The SMILES string of the molecule is CC(C)(C)OC(=O)C1C(C(=O)OC(C)(C)C)C2C3CCC(C3)C12. The molecule has 3 saturated carbocycles. The molecule has 23 heavy (non-hydrogen) atoms. The molecule has 0 aromatic carbocycles. The molecule has 4 nitrogen and oxygen atoms in total. The quantitative estimate of drug-likeness (QED) is 0.729. The Morgan fingerprint density at radius 3 is 1.39 bits per heavy atom. The average Bonchev–Trinajstić information content (AvgIpc) is 2.80. The zero-order chi connectivity index (χ0) is 17.2. The molecule has 3 fully saturated rings. The van der Waals surface area contributed by atoms with Gasteiger partial charge in [-0.15, -0.1) is 0 Å². The Morgan fingerprint density at radius 2 is 1.09 bits per heavy atom. The van der Waals surface area contributed by atoms with Gasteiger partial charge in [0, 0.05) is 0 Å². The van der Waals surface area contributed by atoms with E-state index in [1.165, 1.54) is 19.3 Å². The summed E-state index contributed by atoms with van der Waals surface area (Å²) in [6, 6.07) is 0. The van der Waals surface area contributed by atoms with Crippen LogP contribution in [0, 0.1) is 35.5 Å². The van der Waals surface area contributed by atoms with Crippen LogP contribution < -0.4 is 0 Å². The summed E-state index contributed by atoms with van der Waals surface area (Å²) in [5.41, 5.74) is -1.03. The van der Waals surface area contributed by atoms with Crippen LogP contribution in [0.3, 0.4) is 0 Å². The molecule has 6 atom stereocenters. The summed E-state index contributed by atoms with van der Waals surface area (Å²) in [4.78, 5) is 25.4. The number of ether oxygens (including phenoxy) is 2. The zero-order valence-electron chi connectivity index (χ0n) is 15.2. The van der Waals surface area contributed by atoms with Crippen LogP contribution in [-0.4, -0.2) is 23.1 Å². The van der Waals surface area contributed by atoms with Crippen molar-refractivity contribution >= 4 is 11.9 Å². The molecule has 0 amide bonds. The van der Waals surface area contributed by atoms with Crippen molar-refractivity contribution in [1.82, 2.24) is 0 Å². The molecule has 0 N–H and O–H groups in total. The van der Waals surface area contributed by atoms with Crippen molar-refractivity contribution in [3.05, 3.63) is 0 Å². The van der Waals surface area contributed by atoms with Gasteiger partial charge in [-0.25, -0.2) is 0 Å². The van der Waals surface area contributed by atoms with Gasteiger partial charge < -0.3 is 9.47 Å². The maximum Gasteiger partial charge on any atom is 0.310 e. The van der Waals surface area contributed by atoms with Crippen LogP contribution in [0.5, 0.6) is 0 Å². The Hall–Kier alpha value is -1.06. The second kappa shape index (κ2) is 5.22. The number of carbonyl (C=O) groups is 2. The average molecular weight is 322 g/mol. The molecular formula is C19H30O4. The minimum absolute atomic E-state index is 0.206. The van der Waals surface area contributed by atoms with Crippen LogP contribution in [0.1, 0.15) is 60.8 Å². The third-order valence-electron chi connectivity index (χ3n) is 5.62. The van der Waals surface area contributed by atoms with E-state index >= 15 is 0 Å². The first-order valence-electron chi connectivity index (χ1n) is 8.94. The summed E-state index contributed by atoms with van der Waals surface area (Å²) in [5, 5.41) is 0. The molecule has 0 spiro atoms. The van der Waals surface area contributed by atoms with Gasteiger partial charge in [0.05, 0.1) is 11.8 Å². The molecule has 0 aromatic heterocycles. The lowest BCUT2D eigenvalue weighted by molar-refractivity contribution is -0.198. The maximum absolute atomic E-state index is 12.7. The monoisotopic (exact) mass is 322 g/mol. The van der Waals surface area contributed by atoms with Gasteiger partial charge >= 0.3 is 11.9 Å². The van der Waals surface area contributed by atoms with E-state index in [4.69, 9.17) is 9.47 Å². The number of hydrogen-bond acceptors (Lipinski definition) is 4. The molecule has 130 valence electrons. The molecule has 2 bridgehead atoms. The first-order valence-corrected chi connectivity index (χ1v) is 8.94. The van der Waals surface area contributed by atoms with E-state index in [0.29, 0.717) is 23.7 Å². The Bertz CT molecular complexity index is 464. The van der Waals surface area contributed by atoms with Gasteiger partial charge in [0.1, 0.15) is 11.2 Å². The Balaban J connectivity index is 1.80. The fourth-order valence-corrected chi connectivity index (χ4v) is 5.13. The third kappa shape index (κ3) is 3.01. The lowest BCUT2D eigenvalue weighted by Crippen LogP contribution is -2.58. The summed E-state index contributed by atoms with van der Waals surface area (Å²) in [6.07, 6.45) is 3.58. The van der Waals surface area contributed by atoms with Gasteiger partial charge in [-0.2, -0.15) is 0 Å². The largest absolute Gasteiger partial charge is 0.460 e. The van der Waals surface area contributed by atoms with Gasteiger partial charge in [0.2, 0.25) is 0 Å². The van der Waals surface area contributed by atoms with E-state index in [0.717, 1.165) is 0 Å². The number of carbonyl (C=O) groups excluding carboxylic acids is 2. The molecule has 0 saturated heterocycles. The van der Waals surface area contributed by atoms with E-state index in [-0.39, 0.29) is 23.8 Å². The van der Waals surface area contributed by atoms with E-state index < -0.39 is 11.2 Å². The number of hydrogen-bond donors (Lipinski definition) is 0. The molecule has 0 aromatic rings. The topological polar surface area (TPSA) is 52.6 Å². The third-order valence-corrected chi connectivity index (χ3v) is 5.62. The molecule has 4 heteroatoms. The first kappa shape index (κ1) is 16.8. The van der Waals surface area contributed by atoms with E-state index in [2.05, 4.69) is 0 Å². The van der Waals surface area contributed by atoms with Gasteiger partial charge in [0.15, 0.2) is 0 Å². The summed E-state index contributed by atoms with van der Waals surface area (Å²) in [6.45, 7) is 11.3. The lowest BCUT2D eigenvalue weighted by atomic mass is 9.52. The van der Waals surface area contributed by atoms with E-state index in [9.17, 15) is 9.59 Å². The molecule has 0 aliphatic heterocycles. The molecule has 0 radical (unpaired) electrons. The predicted octanol–water partition coefficient (Wildman–Crippen LogP) is 3.58. The molecule has 3 rings (SSSR count). The highest BCUT2D eigenvalue weighted by molar-refractivity contribution is 5.85. The van der Waals surface area contributed by atoms with E-state index in [1.54, 1.807) is 0 Å². The van der Waals surface area contributed by atoms with Crippen molar-refractivity contribution < 1.29 is 19.1 Å². The Kier molecular flexibility index (Phi) is 3.81. The lowest BCUT2D eigenvalue weighted by Gasteiger charge is -2.52. The number of esters is 2.